The fourth-order valence-corrected chi connectivity index (χ4v) is 1.46. The van der Waals surface area contributed by atoms with E-state index in [0.29, 0.717) is 11.4 Å². The van der Waals surface area contributed by atoms with Crippen molar-refractivity contribution in [2.75, 3.05) is 24.2 Å². The molecule has 1 aromatic carbocycles. The van der Waals surface area contributed by atoms with Gasteiger partial charge >= 0.3 is 6.18 Å². The van der Waals surface area contributed by atoms with Gasteiger partial charge in [-0.05, 0) is 30.7 Å². The van der Waals surface area contributed by atoms with E-state index in [2.05, 4.69) is 0 Å². The quantitative estimate of drug-likeness (QED) is 0.773. The zero-order chi connectivity index (χ0) is 11.6. The van der Waals surface area contributed by atoms with E-state index in [4.69, 9.17) is 5.73 Å². The Balaban J connectivity index is 2.87. The highest BCUT2D eigenvalue weighted by molar-refractivity contribution is 5.58. The summed E-state index contributed by atoms with van der Waals surface area (Å²) >= 11 is 0. The van der Waals surface area contributed by atoms with Crippen LogP contribution < -0.4 is 10.6 Å². The van der Waals surface area contributed by atoms with Gasteiger partial charge in [0.25, 0.3) is 0 Å². The molecule has 5 heteroatoms. The van der Waals surface area contributed by atoms with E-state index in [9.17, 15) is 13.2 Å². The number of halogens is 3. The molecule has 15 heavy (non-hydrogen) atoms. The van der Waals surface area contributed by atoms with Crippen LogP contribution >= 0.6 is 0 Å². The molecule has 0 heterocycles. The molecular formula is C10H13F3N2. The molecule has 0 unspecified atom stereocenters. The average molecular weight is 218 g/mol. The third-order valence-electron chi connectivity index (χ3n) is 2.05. The lowest BCUT2D eigenvalue weighted by Crippen LogP contribution is -2.31. The molecule has 0 radical (unpaired) electrons. The molecular weight excluding hydrogens is 205 g/mol. The fourth-order valence-electron chi connectivity index (χ4n) is 1.46. The predicted octanol–water partition coefficient (Wildman–Crippen LogP) is 2.58. The van der Waals surface area contributed by atoms with Gasteiger partial charge < -0.3 is 10.6 Å². The Kier molecular flexibility index (Phi) is 3.12. The average Bonchev–Trinajstić information content (AvgIpc) is 1.99. The molecule has 0 aromatic heterocycles. The highest BCUT2D eigenvalue weighted by atomic mass is 19.4. The SMILES string of the molecule is Cc1cc(N)ccc1N(C)CC(F)(F)F. The molecule has 0 aliphatic carbocycles. The maximum absolute atomic E-state index is 12.1. The third kappa shape index (κ3) is 3.34. The number of hydrogen-bond acceptors (Lipinski definition) is 2. The largest absolute Gasteiger partial charge is 0.405 e. The standard InChI is InChI=1S/C10H13F3N2/c1-7-5-8(14)3-4-9(7)15(2)6-10(11,12)13/h3-5H,6,14H2,1-2H3. The number of nitrogens with two attached hydrogens (primary N) is 1. The van der Waals surface area contributed by atoms with E-state index in [1.807, 2.05) is 0 Å². The molecule has 0 aliphatic rings. The Morgan fingerprint density at radius 1 is 1.33 bits per heavy atom. The molecule has 0 fully saturated rings. The lowest BCUT2D eigenvalue weighted by molar-refractivity contribution is -0.119. The zero-order valence-electron chi connectivity index (χ0n) is 8.60. The predicted molar refractivity (Wildman–Crippen MR) is 54.9 cm³/mol. The summed E-state index contributed by atoms with van der Waals surface area (Å²) in [6.45, 7) is 0.774. The monoisotopic (exact) mass is 218 g/mol. The summed E-state index contributed by atoms with van der Waals surface area (Å²) < 4.78 is 36.4. The van der Waals surface area contributed by atoms with Gasteiger partial charge in [-0.2, -0.15) is 13.2 Å². The first kappa shape index (κ1) is 11.7. The van der Waals surface area contributed by atoms with E-state index >= 15 is 0 Å². The minimum Gasteiger partial charge on any atom is -0.399 e. The van der Waals surface area contributed by atoms with Crippen molar-refractivity contribution in [3.63, 3.8) is 0 Å². The van der Waals surface area contributed by atoms with E-state index in [1.165, 1.54) is 7.05 Å². The van der Waals surface area contributed by atoms with Gasteiger partial charge in [0.15, 0.2) is 0 Å². The Labute approximate surface area is 86.5 Å². The smallest absolute Gasteiger partial charge is 0.399 e. The van der Waals surface area contributed by atoms with E-state index in [1.54, 1.807) is 25.1 Å². The van der Waals surface area contributed by atoms with Crippen LogP contribution in [-0.2, 0) is 0 Å². The number of nitrogen functional groups attached to an aromatic ring is 1. The van der Waals surface area contributed by atoms with Crippen LogP contribution in [0, 0.1) is 6.92 Å². The molecule has 1 rings (SSSR count). The molecule has 0 spiro atoms. The minimum absolute atomic E-state index is 0.543. The number of hydrogen-bond donors (Lipinski definition) is 1. The van der Waals surface area contributed by atoms with Gasteiger partial charge in [0.05, 0.1) is 0 Å². The summed E-state index contributed by atoms with van der Waals surface area (Å²) in [4.78, 5) is 1.16. The van der Waals surface area contributed by atoms with Crippen LogP contribution in [0.5, 0.6) is 0 Å². The number of benzene rings is 1. The van der Waals surface area contributed by atoms with Crippen LogP contribution in [0.2, 0.25) is 0 Å². The maximum atomic E-state index is 12.1. The first-order valence-electron chi connectivity index (χ1n) is 4.43. The minimum atomic E-state index is -4.19. The van der Waals surface area contributed by atoms with Crippen molar-refractivity contribution in [2.24, 2.45) is 0 Å². The number of anilines is 2. The topological polar surface area (TPSA) is 29.3 Å². The summed E-state index contributed by atoms with van der Waals surface area (Å²) in [7, 11) is 1.41. The van der Waals surface area contributed by atoms with Gasteiger partial charge in [0.1, 0.15) is 6.54 Å². The van der Waals surface area contributed by atoms with Crippen molar-refractivity contribution < 1.29 is 13.2 Å². The fraction of sp³-hybridized carbons (Fsp3) is 0.400. The number of rotatable bonds is 2. The maximum Gasteiger partial charge on any atom is 0.405 e. The second-order valence-electron chi connectivity index (χ2n) is 3.52. The molecule has 84 valence electrons. The molecule has 2 nitrogen and oxygen atoms in total. The van der Waals surface area contributed by atoms with Crippen LogP contribution in [0.15, 0.2) is 18.2 Å². The van der Waals surface area contributed by atoms with E-state index < -0.39 is 12.7 Å². The van der Waals surface area contributed by atoms with Crippen LogP contribution in [0.1, 0.15) is 5.56 Å². The van der Waals surface area contributed by atoms with Crippen molar-refractivity contribution >= 4 is 11.4 Å². The lowest BCUT2D eigenvalue weighted by atomic mass is 10.1. The highest BCUT2D eigenvalue weighted by Crippen LogP contribution is 2.24. The van der Waals surface area contributed by atoms with Crippen LogP contribution in [0.25, 0.3) is 0 Å². The second kappa shape index (κ2) is 4.00. The summed E-state index contributed by atoms with van der Waals surface area (Å²) in [5.74, 6) is 0. The van der Waals surface area contributed by atoms with Crippen molar-refractivity contribution in [2.45, 2.75) is 13.1 Å². The molecule has 0 amide bonds. The van der Waals surface area contributed by atoms with Gasteiger partial charge in [-0.15, -0.1) is 0 Å². The molecule has 0 bridgehead atoms. The Bertz CT molecular complexity index is 347. The summed E-state index contributed by atoms with van der Waals surface area (Å²) in [6.07, 6.45) is -4.19. The summed E-state index contributed by atoms with van der Waals surface area (Å²) in [5.41, 5.74) is 7.35. The van der Waals surface area contributed by atoms with Crippen LogP contribution in [0.3, 0.4) is 0 Å². The number of aryl methyl sites for hydroxylation is 1. The van der Waals surface area contributed by atoms with Gasteiger partial charge in [-0.25, -0.2) is 0 Å². The van der Waals surface area contributed by atoms with Crippen molar-refractivity contribution in [1.82, 2.24) is 0 Å². The molecule has 0 aliphatic heterocycles. The number of alkyl halides is 3. The lowest BCUT2D eigenvalue weighted by Gasteiger charge is -2.22. The van der Waals surface area contributed by atoms with Crippen LogP contribution in [-0.4, -0.2) is 19.8 Å². The Hall–Kier alpha value is -1.39. The summed E-state index contributed by atoms with van der Waals surface area (Å²) in [6, 6.07) is 4.84. The third-order valence-corrected chi connectivity index (χ3v) is 2.05. The second-order valence-corrected chi connectivity index (χ2v) is 3.52. The normalized spacial score (nSPS) is 11.5. The van der Waals surface area contributed by atoms with Gasteiger partial charge in [0.2, 0.25) is 0 Å². The first-order chi connectivity index (χ1) is 6.79. The molecule has 0 saturated heterocycles. The van der Waals surface area contributed by atoms with Gasteiger partial charge in [-0.1, -0.05) is 0 Å². The van der Waals surface area contributed by atoms with E-state index in [0.717, 1.165) is 10.5 Å². The van der Waals surface area contributed by atoms with Crippen molar-refractivity contribution in [3.05, 3.63) is 23.8 Å². The molecule has 2 N–H and O–H groups in total. The molecule has 1 aromatic rings. The number of nitrogens with zero attached hydrogens (tertiary/aromatic N) is 1. The zero-order valence-corrected chi connectivity index (χ0v) is 8.60. The highest BCUT2D eigenvalue weighted by Gasteiger charge is 2.29. The summed E-state index contributed by atoms with van der Waals surface area (Å²) in [5, 5.41) is 0. The molecule has 0 saturated carbocycles. The van der Waals surface area contributed by atoms with Crippen molar-refractivity contribution in [3.8, 4) is 0 Å². The molecule has 0 atom stereocenters. The van der Waals surface area contributed by atoms with Crippen LogP contribution in [0.4, 0.5) is 24.5 Å². The Morgan fingerprint density at radius 3 is 2.40 bits per heavy atom. The van der Waals surface area contributed by atoms with E-state index in [-0.39, 0.29) is 0 Å². The Morgan fingerprint density at radius 2 is 1.93 bits per heavy atom. The van der Waals surface area contributed by atoms with Crippen molar-refractivity contribution in [1.29, 1.82) is 0 Å². The van der Waals surface area contributed by atoms with Gasteiger partial charge in [-0.3, -0.25) is 0 Å². The first-order valence-corrected chi connectivity index (χ1v) is 4.43. The van der Waals surface area contributed by atoms with Gasteiger partial charge in [0, 0.05) is 18.4 Å².